The molecule has 1 N–H and O–H groups in total. The van der Waals surface area contributed by atoms with E-state index < -0.39 is 0 Å². The highest BCUT2D eigenvalue weighted by atomic mass is 16.5. The molecule has 2 aromatic rings. The van der Waals surface area contributed by atoms with E-state index >= 15 is 0 Å². The summed E-state index contributed by atoms with van der Waals surface area (Å²) < 4.78 is 5.73. The van der Waals surface area contributed by atoms with Gasteiger partial charge in [0.25, 0.3) is 11.8 Å². The molecule has 0 spiro atoms. The number of ether oxygens (including phenoxy) is 1. The molecule has 0 radical (unpaired) electrons. The van der Waals surface area contributed by atoms with E-state index in [-0.39, 0.29) is 17.9 Å². The van der Waals surface area contributed by atoms with Crippen molar-refractivity contribution in [2.24, 2.45) is 0 Å². The summed E-state index contributed by atoms with van der Waals surface area (Å²) in [5.74, 6) is 0.446. The van der Waals surface area contributed by atoms with Gasteiger partial charge in [0, 0.05) is 24.2 Å². The third kappa shape index (κ3) is 4.88. The lowest BCUT2D eigenvalue weighted by atomic mass is 10.1. The molecule has 0 unspecified atom stereocenters. The standard InChI is InChI=1S/C22H26N2O3/c1-16(2)27-20-9-5-4-8-19(20)23-21(25)17-10-12-18(13-11-17)22(26)24-14-6-3-7-15-24/h4-5,8-13,16H,3,6-7,14-15H2,1-2H3,(H,23,25). The summed E-state index contributed by atoms with van der Waals surface area (Å²) >= 11 is 0. The van der Waals surface area contributed by atoms with Gasteiger partial charge in [-0.05, 0) is 69.5 Å². The molecule has 2 amide bonds. The van der Waals surface area contributed by atoms with Crippen molar-refractivity contribution in [3.05, 3.63) is 59.7 Å². The third-order valence-corrected chi connectivity index (χ3v) is 4.54. The normalized spacial score (nSPS) is 14.1. The van der Waals surface area contributed by atoms with Crippen LogP contribution in [-0.2, 0) is 0 Å². The van der Waals surface area contributed by atoms with E-state index in [4.69, 9.17) is 4.74 Å². The largest absolute Gasteiger partial charge is 0.489 e. The number of amides is 2. The minimum atomic E-state index is -0.230. The maximum atomic E-state index is 12.6. The van der Waals surface area contributed by atoms with Gasteiger partial charge in [0.05, 0.1) is 11.8 Å². The zero-order chi connectivity index (χ0) is 19.2. The second-order valence-electron chi connectivity index (χ2n) is 7.05. The quantitative estimate of drug-likeness (QED) is 0.856. The van der Waals surface area contributed by atoms with E-state index in [1.165, 1.54) is 6.42 Å². The number of nitrogens with zero attached hydrogens (tertiary/aromatic N) is 1. The van der Waals surface area contributed by atoms with Crippen molar-refractivity contribution in [3.63, 3.8) is 0 Å². The molecule has 1 aliphatic heterocycles. The van der Waals surface area contributed by atoms with Gasteiger partial charge in [-0.3, -0.25) is 9.59 Å². The van der Waals surface area contributed by atoms with Crippen LogP contribution < -0.4 is 10.1 Å². The smallest absolute Gasteiger partial charge is 0.255 e. The van der Waals surface area contributed by atoms with Crippen LogP contribution in [0.5, 0.6) is 5.75 Å². The van der Waals surface area contributed by atoms with Gasteiger partial charge in [0.1, 0.15) is 5.75 Å². The first-order valence-electron chi connectivity index (χ1n) is 9.51. The molecular weight excluding hydrogens is 340 g/mol. The molecule has 1 fully saturated rings. The zero-order valence-electron chi connectivity index (χ0n) is 15.9. The lowest BCUT2D eigenvalue weighted by Gasteiger charge is -2.26. The maximum Gasteiger partial charge on any atom is 0.255 e. The number of carbonyl (C=O) groups excluding carboxylic acids is 2. The minimum Gasteiger partial charge on any atom is -0.489 e. The number of anilines is 1. The number of likely N-dealkylation sites (tertiary alicyclic amines) is 1. The monoisotopic (exact) mass is 366 g/mol. The van der Waals surface area contributed by atoms with Crippen molar-refractivity contribution in [1.82, 2.24) is 4.90 Å². The fraction of sp³-hybridized carbons (Fsp3) is 0.364. The summed E-state index contributed by atoms with van der Waals surface area (Å²) in [5.41, 5.74) is 1.76. The van der Waals surface area contributed by atoms with Crippen LogP contribution in [0.2, 0.25) is 0 Å². The van der Waals surface area contributed by atoms with Gasteiger partial charge in [-0.25, -0.2) is 0 Å². The van der Waals surface area contributed by atoms with Crippen LogP contribution in [0, 0.1) is 0 Å². The van der Waals surface area contributed by atoms with Crippen LogP contribution in [0.3, 0.4) is 0 Å². The number of hydrogen-bond donors (Lipinski definition) is 1. The summed E-state index contributed by atoms with van der Waals surface area (Å²) in [6.07, 6.45) is 3.32. The number of rotatable bonds is 5. The molecule has 2 aromatic carbocycles. The Balaban J connectivity index is 1.68. The highest BCUT2D eigenvalue weighted by Crippen LogP contribution is 2.25. The lowest BCUT2D eigenvalue weighted by molar-refractivity contribution is 0.0724. The van der Waals surface area contributed by atoms with E-state index in [1.807, 2.05) is 43.0 Å². The number of piperidine rings is 1. The van der Waals surface area contributed by atoms with Crippen LogP contribution in [0.15, 0.2) is 48.5 Å². The number of para-hydroxylation sites is 2. The van der Waals surface area contributed by atoms with Crippen LogP contribution in [0.1, 0.15) is 53.8 Å². The molecule has 5 heteroatoms. The molecular formula is C22H26N2O3. The number of nitrogens with one attached hydrogen (secondary N) is 1. The summed E-state index contributed by atoms with van der Waals surface area (Å²) in [7, 11) is 0. The summed E-state index contributed by atoms with van der Waals surface area (Å²) in [6, 6.07) is 14.2. The van der Waals surface area contributed by atoms with E-state index in [9.17, 15) is 9.59 Å². The molecule has 142 valence electrons. The van der Waals surface area contributed by atoms with Gasteiger partial charge in [-0.1, -0.05) is 12.1 Å². The molecule has 1 saturated heterocycles. The van der Waals surface area contributed by atoms with Gasteiger partial charge in [0.2, 0.25) is 0 Å². The fourth-order valence-electron chi connectivity index (χ4n) is 3.16. The fourth-order valence-corrected chi connectivity index (χ4v) is 3.16. The van der Waals surface area contributed by atoms with Gasteiger partial charge < -0.3 is 15.0 Å². The van der Waals surface area contributed by atoms with Crippen molar-refractivity contribution < 1.29 is 14.3 Å². The van der Waals surface area contributed by atoms with Crippen molar-refractivity contribution >= 4 is 17.5 Å². The number of benzene rings is 2. The molecule has 0 saturated carbocycles. The van der Waals surface area contributed by atoms with Gasteiger partial charge in [-0.15, -0.1) is 0 Å². The lowest BCUT2D eigenvalue weighted by Crippen LogP contribution is -2.35. The Hall–Kier alpha value is -2.82. The van der Waals surface area contributed by atoms with E-state index in [0.29, 0.717) is 22.6 Å². The average molecular weight is 366 g/mol. The molecule has 1 aliphatic rings. The Kier molecular flexibility index (Phi) is 6.12. The zero-order valence-corrected chi connectivity index (χ0v) is 15.9. The number of carbonyl (C=O) groups is 2. The highest BCUT2D eigenvalue weighted by Gasteiger charge is 2.18. The van der Waals surface area contributed by atoms with Gasteiger partial charge in [0.15, 0.2) is 0 Å². The predicted octanol–water partition coefficient (Wildman–Crippen LogP) is 4.35. The van der Waals surface area contributed by atoms with E-state index in [2.05, 4.69) is 5.32 Å². The van der Waals surface area contributed by atoms with Crippen LogP contribution in [-0.4, -0.2) is 35.9 Å². The second kappa shape index (κ2) is 8.71. The van der Waals surface area contributed by atoms with E-state index in [1.54, 1.807) is 24.3 Å². The highest BCUT2D eigenvalue weighted by molar-refractivity contribution is 6.05. The molecule has 0 aromatic heterocycles. The van der Waals surface area contributed by atoms with Crippen molar-refractivity contribution in [2.75, 3.05) is 18.4 Å². The predicted molar refractivity (Wildman–Crippen MR) is 106 cm³/mol. The first-order chi connectivity index (χ1) is 13.0. The molecule has 0 atom stereocenters. The van der Waals surface area contributed by atoms with Crippen molar-refractivity contribution in [2.45, 2.75) is 39.2 Å². The molecule has 0 bridgehead atoms. The van der Waals surface area contributed by atoms with Crippen LogP contribution in [0.4, 0.5) is 5.69 Å². The minimum absolute atomic E-state index is 0.0168. The van der Waals surface area contributed by atoms with Gasteiger partial charge in [-0.2, -0.15) is 0 Å². The average Bonchev–Trinajstić information content (AvgIpc) is 2.69. The molecule has 0 aliphatic carbocycles. The Morgan fingerprint density at radius 1 is 0.926 bits per heavy atom. The summed E-state index contributed by atoms with van der Waals surface area (Å²) in [6.45, 7) is 5.51. The molecule has 27 heavy (non-hydrogen) atoms. The summed E-state index contributed by atoms with van der Waals surface area (Å²) in [5, 5.41) is 2.88. The topological polar surface area (TPSA) is 58.6 Å². The van der Waals surface area contributed by atoms with Crippen molar-refractivity contribution in [1.29, 1.82) is 0 Å². The van der Waals surface area contributed by atoms with Crippen molar-refractivity contribution in [3.8, 4) is 5.75 Å². The van der Waals surface area contributed by atoms with E-state index in [0.717, 1.165) is 25.9 Å². The Morgan fingerprint density at radius 2 is 1.56 bits per heavy atom. The van der Waals surface area contributed by atoms with Crippen LogP contribution in [0.25, 0.3) is 0 Å². The first-order valence-corrected chi connectivity index (χ1v) is 9.51. The molecule has 5 nitrogen and oxygen atoms in total. The second-order valence-corrected chi connectivity index (χ2v) is 7.05. The number of hydrogen-bond acceptors (Lipinski definition) is 3. The Morgan fingerprint density at radius 3 is 2.22 bits per heavy atom. The summed E-state index contributed by atoms with van der Waals surface area (Å²) in [4.78, 5) is 27.0. The van der Waals surface area contributed by atoms with Crippen LogP contribution >= 0.6 is 0 Å². The third-order valence-electron chi connectivity index (χ3n) is 4.54. The SMILES string of the molecule is CC(C)Oc1ccccc1NC(=O)c1ccc(C(=O)N2CCCCC2)cc1. The molecule has 1 heterocycles. The maximum absolute atomic E-state index is 12.6. The Labute approximate surface area is 160 Å². The first kappa shape index (κ1) is 19.0. The molecule has 3 rings (SSSR count). The van der Waals surface area contributed by atoms with Gasteiger partial charge >= 0.3 is 0 Å². The Bertz CT molecular complexity index is 793.